The Balaban J connectivity index is 1.20. The number of rotatable bonds is 8. The van der Waals surface area contributed by atoms with Gasteiger partial charge in [-0.3, -0.25) is 5.41 Å². The van der Waals surface area contributed by atoms with Crippen molar-refractivity contribution in [2.45, 2.75) is 76.2 Å². The van der Waals surface area contributed by atoms with Crippen molar-refractivity contribution in [1.82, 2.24) is 5.32 Å². The topological polar surface area (TPSA) is 82.4 Å². The highest BCUT2D eigenvalue weighted by Crippen LogP contribution is 2.64. The van der Waals surface area contributed by atoms with Gasteiger partial charge in [-0.05, 0) is 99.0 Å². The summed E-state index contributed by atoms with van der Waals surface area (Å²) in [6.45, 7) is 0.674. The Bertz CT molecular complexity index is 935. The molecule has 6 aliphatic carbocycles. The van der Waals surface area contributed by atoms with E-state index in [1.165, 1.54) is 38.2 Å². The van der Waals surface area contributed by atoms with Gasteiger partial charge in [-0.1, -0.05) is 6.42 Å². The van der Waals surface area contributed by atoms with E-state index in [4.69, 9.17) is 10.1 Å². The number of aliphatic carboxylic acids is 1. The average Bonchev–Trinajstić information content (AvgIpc) is 3.46. The molecule has 7 rings (SSSR count). The number of carboxylic acid groups (broad SMARTS) is 1. The molecule has 0 saturated heterocycles. The Hall–Kier alpha value is -2.11. The number of benzene rings is 1. The Morgan fingerprint density at radius 3 is 2.47 bits per heavy atom. The number of nitrogens with one attached hydrogen (secondary N) is 2. The van der Waals surface area contributed by atoms with Crippen molar-refractivity contribution >= 4 is 11.8 Å². The molecule has 6 saturated carbocycles. The van der Waals surface area contributed by atoms with E-state index in [0.717, 1.165) is 55.4 Å². The van der Waals surface area contributed by atoms with Crippen LogP contribution in [-0.4, -0.2) is 29.6 Å². The lowest BCUT2D eigenvalue weighted by Crippen LogP contribution is -2.48. The zero-order valence-corrected chi connectivity index (χ0v) is 18.5. The van der Waals surface area contributed by atoms with E-state index < -0.39 is 17.8 Å². The number of carbonyl (C=O) groups is 1. The SMILES string of the molecule is N=C(N[C@H](C(=O)O)C1CCC1)c1cc(C2CC2)c(OCC23CC4CC(C2)C(C4)C3)cc1F. The summed E-state index contributed by atoms with van der Waals surface area (Å²) in [6.07, 6.45) is 11.4. The highest BCUT2D eigenvalue weighted by atomic mass is 19.1. The Morgan fingerprint density at radius 1 is 1.19 bits per heavy atom. The first-order valence-corrected chi connectivity index (χ1v) is 12.5. The standard InChI is InChI=1S/C26H33FN2O3/c27-21-9-22(32-13-26-10-14-6-17(11-26)18(7-14)12-26)19(15-4-5-15)8-20(21)24(28)29-23(25(30)31)16-2-1-3-16/h8-9,14-18,23H,1-7,10-13H2,(H2,28,29)(H,30,31)/t14?,17?,18?,23-,26?/m0/s1. The predicted octanol–water partition coefficient (Wildman–Crippen LogP) is 5.08. The molecular formula is C26H33FN2O3. The van der Waals surface area contributed by atoms with Crippen LogP contribution in [0.1, 0.15) is 81.3 Å². The van der Waals surface area contributed by atoms with Gasteiger partial charge in [0.1, 0.15) is 23.4 Å². The van der Waals surface area contributed by atoms with E-state index in [1.54, 1.807) is 6.07 Å². The lowest BCUT2D eigenvalue weighted by atomic mass is 9.70. The number of carboxylic acids is 1. The Kier molecular flexibility index (Phi) is 4.78. The van der Waals surface area contributed by atoms with Gasteiger partial charge < -0.3 is 15.2 Å². The van der Waals surface area contributed by atoms with Crippen molar-refractivity contribution in [2.24, 2.45) is 29.1 Å². The molecule has 1 aromatic carbocycles. The third-order valence-corrected chi connectivity index (χ3v) is 9.16. The molecule has 0 aliphatic heterocycles. The fourth-order valence-corrected chi connectivity index (χ4v) is 7.38. The average molecular weight is 441 g/mol. The zero-order valence-electron chi connectivity index (χ0n) is 18.5. The smallest absolute Gasteiger partial charge is 0.326 e. The van der Waals surface area contributed by atoms with Gasteiger partial charge in [-0.25, -0.2) is 9.18 Å². The first-order chi connectivity index (χ1) is 15.4. The van der Waals surface area contributed by atoms with E-state index in [1.807, 2.05) is 0 Å². The van der Waals surface area contributed by atoms with Crippen LogP contribution in [0.2, 0.25) is 0 Å². The molecule has 6 heteroatoms. The number of hydrogen-bond acceptors (Lipinski definition) is 3. The van der Waals surface area contributed by atoms with Gasteiger partial charge in [0.2, 0.25) is 0 Å². The van der Waals surface area contributed by atoms with Crippen molar-refractivity contribution < 1.29 is 19.0 Å². The number of halogens is 1. The zero-order chi connectivity index (χ0) is 22.0. The third-order valence-electron chi connectivity index (χ3n) is 9.16. The number of ether oxygens (including phenoxy) is 1. The highest BCUT2D eigenvalue weighted by Gasteiger charge is 2.56. The maximum Gasteiger partial charge on any atom is 0.326 e. The molecule has 1 aromatic rings. The van der Waals surface area contributed by atoms with E-state index in [2.05, 4.69) is 5.32 Å². The molecule has 0 amide bonds. The van der Waals surface area contributed by atoms with Crippen LogP contribution >= 0.6 is 0 Å². The van der Waals surface area contributed by atoms with E-state index >= 15 is 4.39 Å². The summed E-state index contributed by atoms with van der Waals surface area (Å²) in [5.74, 6) is 2.00. The van der Waals surface area contributed by atoms with E-state index in [0.29, 0.717) is 18.3 Å². The third kappa shape index (κ3) is 3.50. The second kappa shape index (κ2) is 7.46. The van der Waals surface area contributed by atoms with Crippen LogP contribution in [-0.2, 0) is 4.79 Å². The summed E-state index contributed by atoms with van der Waals surface area (Å²) in [5, 5.41) is 20.8. The monoisotopic (exact) mass is 440 g/mol. The molecule has 172 valence electrons. The summed E-state index contributed by atoms with van der Waals surface area (Å²) < 4.78 is 21.5. The first kappa shape index (κ1) is 20.5. The van der Waals surface area contributed by atoms with E-state index in [9.17, 15) is 9.90 Å². The first-order valence-electron chi connectivity index (χ1n) is 12.5. The van der Waals surface area contributed by atoms with Crippen LogP contribution < -0.4 is 10.1 Å². The van der Waals surface area contributed by atoms with E-state index in [-0.39, 0.29) is 22.7 Å². The van der Waals surface area contributed by atoms with Crippen LogP contribution in [0.4, 0.5) is 4.39 Å². The minimum Gasteiger partial charge on any atom is -0.493 e. The molecule has 0 heterocycles. The maximum absolute atomic E-state index is 15.1. The van der Waals surface area contributed by atoms with Crippen LogP contribution in [0.3, 0.4) is 0 Å². The van der Waals surface area contributed by atoms with Crippen molar-refractivity contribution in [3.63, 3.8) is 0 Å². The van der Waals surface area contributed by atoms with Gasteiger partial charge in [0.15, 0.2) is 0 Å². The largest absolute Gasteiger partial charge is 0.493 e. The molecular weight excluding hydrogens is 407 g/mol. The van der Waals surface area contributed by atoms with Crippen molar-refractivity contribution in [3.05, 3.63) is 29.1 Å². The molecule has 0 spiro atoms. The second-order valence-corrected chi connectivity index (χ2v) is 11.4. The van der Waals surface area contributed by atoms with Crippen molar-refractivity contribution in [1.29, 1.82) is 5.41 Å². The summed E-state index contributed by atoms with van der Waals surface area (Å²) in [4.78, 5) is 11.7. The van der Waals surface area contributed by atoms with Crippen molar-refractivity contribution in [2.75, 3.05) is 6.61 Å². The van der Waals surface area contributed by atoms with Crippen molar-refractivity contribution in [3.8, 4) is 5.75 Å². The van der Waals surface area contributed by atoms with Gasteiger partial charge in [0.05, 0.1) is 12.2 Å². The fourth-order valence-electron chi connectivity index (χ4n) is 7.38. The lowest BCUT2D eigenvalue weighted by molar-refractivity contribution is -0.141. The molecule has 2 unspecified atom stereocenters. The van der Waals surface area contributed by atoms with Gasteiger partial charge >= 0.3 is 5.97 Å². The normalized spacial score (nSPS) is 33.7. The van der Waals surface area contributed by atoms with Crippen LogP contribution in [0.5, 0.6) is 5.75 Å². The summed E-state index contributed by atoms with van der Waals surface area (Å²) in [7, 11) is 0. The highest BCUT2D eigenvalue weighted by molar-refractivity contribution is 5.99. The van der Waals surface area contributed by atoms with Gasteiger partial charge in [0.25, 0.3) is 0 Å². The molecule has 4 bridgehead atoms. The Morgan fingerprint density at radius 2 is 1.91 bits per heavy atom. The molecule has 6 fully saturated rings. The van der Waals surface area contributed by atoms with Gasteiger partial charge in [-0.15, -0.1) is 0 Å². The molecule has 5 nitrogen and oxygen atoms in total. The van der Waals surface area contributed by atoms with Crippen LogP contribution in [0.15, 0.2) is 12.1 Å². The number of hydrogen-bond donors (Lipinski definition) is 3. The van der Waals surface area contributed by atoms with Gasteiger partial charge in [-0.2, -0.15) is 0 Å². The maximum atomic E-state index is 15.1. The van der Waals surface area contributed by atoms with Crippen LogP contribution in [0, 0.1) is 40.3 Å². The second-order valence-electron chi connectivity index (χ2n) is 11.4. The van der Waals surface area contributed by atoms with Gasteiger partial charge in [0, 0.05) is 11.5 Å². The molecule has 3 atom stereocenters. The molecule has 32 heavy (non-hydrogen) atoms. The minimum atomic E-state index is -0.970. The predicted molar refractivity (Wildman–Crippen MR) is 119 cm³/mol. The van der Waals surface area contributed by atoms with Crippen LogP contribution in [0.25, 0.3) is 0 Å². The fraction of sp³-hybridized carbons (Fsp3) is 0.692. The lowest BCUT2D eigenvalue weighted by Gasteiger charge is -2.38. The molecule has 0 radical (unpaired) electrons. The summed E-state index contributed by atoms with van der Waals surface area (Å²) in [5.41, 5.74) is 1.41. The molecule has 6 aliphatic rings. The summed E-state index contributed by atoms with van der Waals surface area (Å²) in [6, 6.07) is 2.36. The molecule has 0 aromatic heterocycles. The Labute approximate surface area is 188 Å². The quantitative estimate of drug-likeness (QED) is 0.389. The summed E-state index contributed by atoms with van der Waals surface area (Å²) >= 11 is 0. The number of amidine groups is 1. The molecule has 3 N–H and O–H groups in total. The minimum absolute atomic E-state index is 0.0117.